The fourth-order valence-corrected chi connectivity index (χ4v) is 2.86. The molecule has 13 heavy (non-hydrogen) atoms. The smallest absolute Gasteiger partial charge is 0.330 e. The van der Waals surface area contributed by atoms with Crippen LogP contribution in [0.25, 0.3) is 0 Å². The first kappa shape index (κ1) is 10.4. The maximum atomic E-state index is 9.12. The largest absolute Gasteiger partial charge is 0.376 e. The van der Waals surface area contributed by atoms with Gasteiger partial charge in [0.1, 0.15) is 20.1 Å². The van der Waals surface area contributed by atoms with Gasteiger partial charge < -0.3 is 18.7 Å². The lowest BCUT2D eigenvalue weighted by Gasteiger charge is -2.30. The summed E-state index contributed by atoms with van der Waals surface area (Å²) in [5.41, 5.74) is 0. The van der Waals surface area contributed by atoms with Gasteiger partial charge in [0.25, 0.3) is 0 Å². The molecule has 0 bridgehead atoms. The Morgan fingerprint density at radius 2 is 2.23 bits per heavy atom. The molecule has 4 atom stereocenters. The van der Waals surface area contributed by atoms with E-state index in [4.69, 9.17) is 41.9 Å². The summed E-state index contributed by atoms with van der Waals surface area (Å²) >= 11 is 12.0. The normalized spacial score (nSPS) is 48.8. The van der Waals surface area contributed by atoms with Crippen LogP contribution in [-0.2, 0) is 13.8 Å². The summed E-state index contributed by atoms with van der Waals surface area (Å²) in [5.74, 6) is 0. The van der Waals surface area contributed by atoms with Gasteiger partial charge in [-0.15, -0.1) is 0 Å². The van der Waals surface area contributed by atoms with Gasteiger partial charge >= 0.3 is 8.60 Å². The zero-order valence-electron chi connectivity index (χ0n) is 6.81. The van der Waals surface area contributed by atoms with Crippen LogP contribution >= 0.6 is 31.8 Å². The summed E-state index contributed by atoms with van der Waals surface area (Å²) in [5, 5.41) is 0. The summed E-state index contributed by atoms with van der Waals surface area (Å²) in [7, 11) is -0.0846. The SMILES string of the molecule is B[C@@H]1OC2COP(O)OC2C1(Cl)Cl. The maximum Gasteiger partial charge on any atom is 0.330 e. The minimum Gasteiger partial charge on any atom is -0.376 e. The van der Waals surface area contributed by atoms with Gasteiger partial charge in [-0.1, -0.05) is 23.2 Å². The second kappa shape index (κ2) is 3.49. The molecule has 2 heterocycles. The molecule has 0 radical (unpaired) electrons. The first-order valence-electron chi connectivity index (χ1n) is 3.84. The quantitative estimate of drug-likeness (QED) is 0.375. The Labute approximate surface area is 87.8 Å². The Hall–Kier alpha value is 0.915. The van der Waals surface area contributed by atoms with Gasteiger partial charge in [-0.05, 0) is 0 Å². The second-order valence-electron chi connectivity index (χ2n) is 3.05. The van der Waals surface area contributed by atoms with Crippen LogP contribution in [0.5, 0.6) is 0 Å². The highest BCUT2D eigenvalue weighted by molar-refractivity contribution is 7.40. The Bertz CT molecular complexity index is 219. The molecular weight excluding hydrogens is 237 g/mol. The highest BCUT2D eigenvalue weighted by Gasteiger charge is 2.56. The van der Waals surface area contributed by atoms with E-state index in [9.17, 15) is 0 Å². The minimum atomic E-state index is -1.85. The van der Waals surface area contributed by atoms with Gasteiger partial charge in [0, 0.05) is 0 Å². The summed E-state index contributed by atoms with van der Waals surface area (Å²) in [6.07, 6.45) is -0.786. The monoisotopic (exact) mass is 244 g/mol. The van der Waals surface area contributed by atoms with Gasteiger partial charge in [-0.3, -0.25) is 0 Å². The average molecular weight is 245 g/mol. The van der Waals surface area contributed by atoms with E-state index in [1.54, 1.807) is 7.85 Å². The lowest BCUT2D eigenvalue weighted by Crippen LogP contribution is -2.42. The fraction of sp³-hybridized carbons (Fsp3) is 1.00. The molecule has 0 aromatic rings. The van der Waals surface area contributed by atoms with Crippen LogP contribution in [0, 0.1) is 0 Å². The van der Waals surface area contributed by atoms with Crippen LogP contribution in [-0.4, -0.2) is 41.9 Å². The fourth-order valence-electron chi connectivity index (χ4n) is 1.43. The molecule has 0 spiro atoms. The van der Waals surface area contributed by atoms with Crippen molar-refractivity contribution in [3.05, 3.63) is 0 Å². The summed E-state index contributed by atoms with van der Waals surface area (Å²) in [6, 6.07) is -0.323. The molecule has 0 amide bonds. The Balaban J connectivity index is 2.16. The Morgan fingerprint density at radius 3 is 2.92 bits per heavy atom. The van der Waals surface area contributed by atoms with E-state index in [2.05, 4.69) is 0 Å². The molecule has 2 saturated heterocycles. The molecule has 2 aliphatic heterocycles. The minimum absolute atomic E-state index is 0.276. The lowest BCUT2D eigenvalue weighted by atomic mass is 9.95. The summed E-state index contributed by atoms with van der Waals surface area (Å²) in [4.78, 5) is 9.12. The maximum absolute atomic E-state index is 9.12. The molecule has 0 aromatic heterocycles. The highest BCUT2D eigenvalue weighted by Crippen LogP contribution is 2.51. The third-order valence-corrected chi connectivity index (χ3v) is 4.01. The van der Waals surface area contributed by atoms with Crippen molar-refractivity contribution < 1.29 is 18.7 Å². The second-order valence-corrected chi connectivity index (χ2v) is 5.44. The Kier molecular flexibility index (Phi) is 2.80. The third kappa shape index (κ3) is 1.72. The molecule has 3 unspecified atom stereocenters. The zero-order chi connectivity index (χ0) is 9.64. The summed E-state index contributed by atoms with van der Waals surface area (Å²) < 4.78 is 14.3. The third-order valence-electron chi connectivity index (χ3n) is 2.19. The molecule has 1 N–H and O–H groups in total. The van der Waals surface area contributed by atoms with Crippen LogP contribution in [0.1, 0.15) is 0 Å². The van der Waals surface area contributed by atoms with E-state index in [0.717, 1.165) is 0 Å². The van der Waals surface area contributed by atoms with E-state index >= 15 is 0 Å². The standard InChI is InChI=1S/C5H8BCl2O4P/c6-4-5(7,8)3-2(11-4)1-10-13(9)12-3/h2-4,9H,1,6H2/t2?,3?,4-,13?/m1/s1. The number of hydrogen-bond acceptors (Lipinski definition) is 4. The van der Waals surface area contributed by atoms with Crippen molar-refractivity contribution in [2.24, 2.45) is 0 Å². The first-order chi connectivity index (χ1) is 6.01. The van der Waals surface area contributed by atoms with Gasteiger partial charge in [-0.2, -0.15) is 0 Å². The van der Waals surface area contributed by atoms with Gasteiger partial charge in [0.05, 0.1) is 12.6 Å². The lowest BCUT2D eigenvalue weighted by molar-refractivity contribution is -0.0274. The topological polar surface area (TPSA) is 47.9 Å². The molecule has 8 heteroatoms. The van der Waals surface area contributed by atoms with Gasteiger partial charge in [0.2, 0.25) is 0 Å². The van der Waals surface area contributed by atoms with Crippen molar-refractivity contribution in [1.82, 2.24) is 0 Å². The van der Waals surface area contributed by atoms with Crippen LogP contribution in [0.2, 0.25) is 0 Å². The molecule has 2 aliphatic rings. The number of rotatable bonds is 0. The van der Waals surface area contributed by atoms with E-state index in [1.165, 1.54) is 0 Å². The number of alkyl halides is 2. The van der Waals surface area contributed by atoms with Crippen molar-refractivity contribution in [3.63, 3.8) is 0 Å². The zero-order valence-corrected chi connectivity index (χ0v) is 9.22. The molecule has 0 aromatic carbocycles. The van der Waals surface area contributed by atoms with E-state index in [1.807, 2.05) is 0 Å². The van der Waals surface area contributed by atoms with Gasteiger partial charge in [0.15, 0.2) is 4.33 Å². The number of ether oxygens (including phenoxy) is 1. The van der Waals surface area contributed by atoms with Crippen LogP contribution in [0.4, 0.5) is 0 Å². The predicted molar refractivity (Wildman–Crippen MR) is 51.6 cm³/mol. The molecule has 2 fully saturated rings. The average Bonchev–Trinajstić information content (AvgIpc) is 2.27. The van der Waals surface area contributed by atoms with Crippen molar-refractivity contribution in [2.45, 2.75) is 22.5 Å². The van der Waals surface area contributed by atoms with Crippen LogP contribution in [0.3, 0.4) is 0 Å². The van der Waals surface area contributed by atoms with Crippen molar-refractivity contribution in [3.8, 4) is 0 Å². The van der Waals surface area contributed by atoms with Crippen LogP contribution in [0.15, 0.2) is 0 Å². The van der Waals surface area contributed by atoms with Gasteiger partial charge in [-0.25, -0.2) is 0 Å². The number of fused-ring (bicyclic) bond motifs is 1. The number of halogens is 2. The molecule has 0 aliphatic carbocycles. The highest BCUT2D eigenvalue weighted by atomic mass is 35.5. The molecular formula is C5H8BCl2O4P. The molecule has 0 saturated carbocycles. The molecule has 74 valence electrons. The van der Waals surface area contributed by atoms with Crippen molar-refractivity contribution in [1.29, 1.82) is 0 Å². The van der Waals surface area contributed by atoms with E-state index in [-0.39, 0.29) is 18.7 Å². The molecule has 2 rings (SSSR count). The van der Waals surface area contributed by atoms with Crippen molar-refractivity contribution >= 4 is 39.7 Å². The Morgan fingerprint density at radius 1 is 1.54 bits per heavy atom. The van der Waals surface area contributed by atoms with E-state index < -0.39 is 19.0 Å². The van der Waals surface area contributed by atoms with Crippen LogP contribution < -0.4 is 0 Å². The van der Waals surface area contributed by atoms with Crippen molar-refractivity contribution in [2.75, 3.05) is 6.61 Å². The first-order valence-corrected chi connectivity index (χ1v) is 5.72. The van der Waals surface area contributed by atoms with E-state index in [0.29, 0.717) is 0 Å². The predicted octanol–water partition coefficient (Wildman–Crippen LogP) is 0.153. The molecule has 4 nitrogen and oxygen atoms in total. The number of hydrogen-bond donors (Lipinski definition) is 1. The summed E-state index contributed by atoms with van der Waals surface area (Å²) in [6.45, 7) is 0.276.